The number of hydrogen-bond acceptors (Lipinski definition) is 6. The summed E-state index contributed by atoms with van der Waals surface area (Å²) in [6, 6.07) is 8.73. The Bertz CT molecular complexity index is 811. The first-order chi connectivity index (χ1) is 11.6. The van der Waals surface area contributed by atoms with Crippen LogP contribution in [-0.2, 0) is 11.3 Å². The van der Waals surface area contributed by atoms with Crippen molar-refractivity contribution in [3.8, 4) is 0 Å². The smallest absolute Gasteiger partial charge is 0.248 e. The highest BCUT2D eigenvalue weighted by atomic mass is 16.5. The number of nitrogens with zero attached hydrogens (tertiary/aromatic N) is 4. The number of carbonyl (C=O) groups is 1. The van der Waals surface area contributed by atoms with Gasteiger partial charge in [-0.1, -0.05) is 11.2 Å². The van der Waals surface area contributed by atoms with E-state index in [0.717, 1.165) is 5.69 Å². The van der Waals surface area contributed by atoms with Crippen LogP contribution in [0.4, 0.5) is 11.7 Å². The van der Waals surface area contributed by atoms with Gasteiger partial charge in [0.1, 0.15) is 11.9 Å². The Morgan fingerprint density at radius 1 is 1.38 bits per heavy atom. The van der Waals surface area contributed by atoms with E-state index in [1.165, 1.54) is 0 Å². The number of pyridine rings is 1. The third-order valence-corrected chi connectivity index (χ3v) is 3.32. The maximum Gasteiger partial charge on any atom is 0.248 e. The van der Waals surface area contributed by atoms with E-state index >= 15 is 0 Å². The van der Waals surface area contributed by atoms with Crippen molar-refractivity contribution in [3.05, 3.63) is 54.1 Å². The molecule has 8 nitrogen and oxygen atoms in total. The van der Waals surface area contributed by atoms with E-state index in [-0.39, 0.29) is 5.91 Å². The lowest BCUT2D eigenvalue weighted by molar-refractivity contribution is -0.116. The quantitative estimate of drug-likeness (QED) is 0.719. The van der Waals surface area contributed by atoms with E-state index in [0.29, 0.717) is 23.9 Å². The van der Waals surface area contributed by atoms with Crippen LogP contribution < -0.4 is 10.6 Å². The SMILES string of the molecule is Cc1cc(NC(=O)[C@H](C)Nc2ccn(Cc3ccccn3)n2)on1. The Labute approximate surface area is 138 Å². The Morgan fingerprint density at radius 3 is 2.96 bits per heavy atom. The fraction of sp³-hybridized carbons (Fsp3) is 0.250. The second kappa shape index (κ2) is 6.95. The van der Waals surface area contributed by atoms with Crippen molar-refractivity contribution in [1.29, 1.82) is 0 Å². The first-order valence-electron chi connectivity index (χ1n) is 7.54. The number of rotatable bonds is 6. The Hall–Kier alpha value is -3.16. The third-order valence-electron chi connectivity index (χ3n) is 3.32. The van der Waals surface area contributed by atoms with Crippen LogP contribution in [0.3, 0.4) is 0 Å². The predicted octanol–water partition coefficient (Wildman–Crippen LogP) is 2.06. The van der Waals surface area contributed by atoms with E-state index in [2.05, 4.69) is 25.9 Å². The number of hydrogen-bond donors (Lipinski definition) is 2. The summed E-state index contributed by atoms with van der Waals surface area (Å²) in [6.07, 6.45) is 3.58. The normalized spacial score (nSPS) is 11.9. The zero-order valence-corrected chi connectivity index (χ0v) is 13.4. The second-order valence-corrected chi connectivity index (χ2v) is 5.41. The van der Waals surface area contributed by atoms with Gasteiger partial charge in [-0.25, -0.2) is 0 Å². The molecule has 24 heavy (non-hydrogen) atoms. The molecule has 0 unspecified atom stereocenters. The van der Waals surface area contributed by atoms with Gasteiger partial charge in [-0.15, -0.1) is 0 Å². The summed E-state index contributed by atoms with van der Waals surface area (Å²) in [6.45, 7) is 4.10. The van der Waals surface area contributed by atoms with Gasteiger partial charge in [0.15, 0.2) is 0 Å². The van der Waals surface area contributed by atoms with Gasteiger partial charge in [0.05, 0.1) is 17.9 Å². The minimum absolute atomic E-state index is 0.231. The van der Waals surface area contributed by atoms with Gasteiger partial charge in [-0.3, -0.25) is 19.8 Å². The molecule has 1 amide bonds. The van der Waals surface area contributed by atoms with Crippen molar-refractivity contribution in [1.82, 2.24) is 19.9 Å². The molecule has 3 aromatic heterocycles. The first kappa shape index (κ1) is 15.7. The second-order valence-electron chi connectivity index (χ2n) is 5.41. The Morgan fingerprint density at radius 2 is 2.25 bits per heavy atom. The zero-order chi connectivity index (χ0) is 16.9. The van der Waals surface area contributed by atoms with Crippen molar-refractivity contribution in [2.24, 2.45) is 0 Å². The predicted molar refractivity (Wildman–Crippen MR) is 88.5 cm³/mol. The molecule has 0 radical (unpaired) electrons. The van der Waals surface area contributed by atoms with Crippen molar-refractivity contribution >= 4 is 17.6 Å². The molecule has 0 saturated carbocycles. The lowest BCUT2D eigenvalue weighted by Crippen LogP contribution is -2.31. The number of carbonyl (C=O) groups excluding carboxylic acids is 1. The van der Waals surface area contributed by atoms with Crippen molar-refractivity contribution in [2.75, 3.05) is 10.6 Å². The monoisotopic (exact) mass is 326 g/mol. The van der Waals surface area contributed by atoms with Gasteiger partial charge in [-0.2, -0.15) is 5.10 Å². The van der Waals surface area contributed by atoms with E-state index in [9.17, 15) is 4.79 Å². The largest absolute Gasteiger partial charge is 0.357 e. The summed E-state index contributed by atoms with van der Waals surface area (Å²) in [4.78, 5) is 16.4. The topological polar surface area (TPSA) is 97.9 Å². The highest BCUT2D eigenvalue weighted by Gasteiger charge is 2.15. The summed E-state index contributed by atoms with van der Waals surface area (Å²) >= 11 is 0. The van der Waals surface area contributed by atoms with Crippen molar-refractivity contribution in [2.45, 2.75) is 26.4 Å². The highest BCUT2D eigenvalue weighted by Crippen LogP contribution is 2.11. The molecule has 124 valence electrons. The molecule has 0 bridgehead atoms. The number of nitrogens with one attached hydrogen (secondary N) is 2. The summed E-state index contributed by atoms with van der Waals surface area (Å²) in [7, 11) is 0. The van der Waals surface area contributed by atoms with Gasteiger partial charge in [0.2, 0.25) is 11.8 Å². The average molecular weight is 326 g/mol. The number of aromatic nitrogens is 4. The van der Waals surface area contributed by atoms with Gasteiger partial charge < -0.3 is 9.84 Å². The standard InChI is InChI=1S/C16H18N6O2/c1-11-9-15(24-21-11)19-16(23)12(2)18-14-6-8-22(20-14)10-13-5-3-4-7-17-13/h3-9,12H,10H2,1-2H3,(H,18,20)(H,19,23)/t12-/m0/s1. The molecule has 3 rings (SSSR count). The summed E-state index contributed by atoms with van der Waals surface area (Å²) < 4.78 is 6.73. The van der Waals surface area contributed by atoms with Crippen LogP contribution in [0.5, 0.6) is 0 Å². The molecule has 0 saturated heterocycles. The van der Waals surface area contributed by atoms with Gasteiger partial charge in [-0.05, 0) is 26.0 Å². The molecule has 0 aromatic carbocycles. The summed E-state index contributed by atoms with van der Waals surface area (Å²) in [5.74, 6) is 0.708. The number of amides is 1. The van der Waals surface area contributed by atoms with Crippen LogP contribution in [0.25, 0.3) is 0 Å². The van der Waals surface area contributed by atoms with E-state index < -0.39 is 6.04 Å². The summed E-state index contributed by atoms with van der Waals surface area (Å²) in [5.41, 5.74) is 1.62. The van der Waals surface area contributed by atoms with Gasteiger partial charge >= 0.3 is 0 Å². The molecule has 8 heteroatoms. The molecule has 0 aliphatic rings. The maximum atomic E-state index is 12.1. The van der Waals surface area contributed by atoms with Crippen LogP contribution >= 0.6 is 0 Å². The average Bonchev–Trinajstić information content (AvgIpc) is 3.17. The zero-order valence-electron chi connectivity index (χ0n) is 13.4. The first-order valence-corrected chi connectivity index (χ1v) is 7.54. The summed E-state index contributed by atoms with van der Waals surface area (Å²) in [5, 5.41) is 13.8. The van der Waals surface area contributed by atoms with Gasteiger partial charge in [0, 0.05) is 24.5 Å². The lowest BCUT2D eigenvalue weighted by Gasteiger charge is -2.11. The van der Waals surface area contributed by atoms with E-state index in [1.807, 2.05) is 30.5 Å². The van der Waals surface area contributed by atoms with Crippen molar-refractivity contribution in [3.63, 3.8) is 0 Å². The van der Waals surface area contributed by atoms with Crippen LogP contribution in [0, 0.1) is 6.92 Å². The number of anilines is 2. The number of aryl methyl sites for hydroxylation is 1. The molecule has 3 aromatic rings. The Kier molecular flexibility index (Phi) is 4.55. The van der Waals surface area contributed by atoms with Crippen LogP contribution in [0.2, 0.25) is 0 Å². The van der Waals surface area contributed by atoms with Gasteiger partial charge in [0.25, 0.3) is 0 Å². The van der Waals surface area contributed by atoms with Crippen LogP contribution in [0.1, 0.15) is 18.3 Å². The highest BCUT2D eigenvalue weighted by molar-refractivity contribution is 5.95. The van der Waals surface area contributed by atoms with E-state index in [4.69, 9.17) is 4.52 Å². The Balaban J connectivity index is 1.56. The molecular weight excluding hydrogens is 308 g/mol. The fourth-order valence-electron chi connectivity index (χ4n) is 2.12. The molecule has 2 N–H and O–H groups in total. The van der Waals surface area contributed by atoms with Crippen LogP contribution in [-0.4, -0.2) is 31.9 Å². The van der Waals surface area contributed by atoms with Crippen molar-refractivity contribution < 1.29 is 9.32 Å². The van der Waals surface area contributed by atoms with Crippen LogP contribution in [0.15, 0.2) is 47.2 Å². The molecule has 0 spiro atoms. The third kappa shape index (κ3) is 3.97. The van der Waals surface area contributed by atoms with E-state index in [1.54, 1.807) is 30.8 Å². The minimum atomic E-state index is -0.478. The molecule has 0 aliphatic heterocycles. The lowest BCUT2D eigenvalue weighted by atomic mass is 10.3. The fourth-order valence-corrected chi connectivity index (χ4v) is 2.12. The molecule has 1 atom stereocenters. The maximum absolute atomic E-state index is 12.1. The minimum Gasteiger partial charge on any atom is -0.357 e. The molecule has 0 fully saturated rings. The molecule has 3 heterocycles. The molecular formula is C16H18N6O2. The molecule has 0 aliphatic carbocycles.